The number of rotatable bonds is 2. The number of carboxylic acids is 1. The summed E-state index contributed by atoms with van der Waals surface area (Å²) in [5.74, 6) is -2.85. The van der Waals surface area contributed by atoms with E-state index in [1.54, 1.807) is 0 Å². The number of nitrogens with two attached hydrogens (primary N) is 2. The van der Waals surface area contributed by atoms with Gasteiger partial charge in [0.05, 0.1) is 5.56 Å². The summed E-state index contributed by atoms with van der Waals surface area (Å²) < 4.78 is 50.1. The molecule has 0 heterocycles. The third-order valence-corrected chi connectivity index (χ3v) is 2.09. The largest absolute Gasteiger partial charge is 0.478 e. The predicted octanol–water partition coefficient (Wildman–Crippen LogP) is 1.67. The Morgan fingerprint density at radius 2 is 1.88 bits per heavy atom. The maximum Gasteiger partial charge on any atom is 0.407 e. The smallest absolute Gasteiger partial charge is 0.407 e. The lowest BCUT2D eigenvalue weighted by Gasteiger charge is -2.17. The highest BCUT2D eigenvalue weighted by Crippen LogP contribution is 2.33. The van der Waals surface area contributed by atoms with Crippen molar-refractivity contribution in [1.29, 1.82) is 0 Å². The van der Waals surface area contributed by atoms with E-state index in [1.807, 2.05) is 0 Å². The SMILES string of the molecule is Nc1cc(F)c([C@@H](N)C(F)(F)F)cc1C(=O)O. The standard InChI is InChI=1S/C9H8F4N2O2/c10-5-2-6(14)4(8(16)17)1-3(5)7(15)9(11,12)13/h1-2,7H,14-15H2,(H,16,17)/t7-/m1/s1. The summed E-state index contributed by atoms with van der Waals surface area (Å²) in [6.07, 6.45) is -4.87. The first kappa shape index (κ1) is 13.2. The molecule has 0 spiro atoms. The van der Waals surface area contributed by atoms with Crippen LogP contribution in [0.15, 0.2) is 12.1 Å². The fourth-order valence-corrected chi connectivity index (χ4v) is 1.21. The van der Waals surface area contributed by atoms with Crippen LogP contribution in [-0.2, 0) is 0 Å². The first-order chi connectivity index (χ1) is 7.64. The van der Waals surface area contributed by atoms with Crippen LogP contribution in [-0.4, -0.2) is 17.3 Å². The predicted molar refractivity (Wildman–Crippen MR) is 50.8 cm³/mol. The first-order valence-corrected chi connectivity index (χ1v) is 4.29. The van der Waals surface area contributed by atoms with Gasteiger partial charge in [-0.15, -0.1) is 0 Å². The maximum atomic E-state index is 13.2. The van der Waals surface area contributed by atoms with Gasteiger partial charge in [0.1, 0.15) is 11.9 Å². The van der Waals surface area contributed by atoms with Crippen LogP contribution in [0, 0.1) is 5.82 Å². The molecule has 8 heteroatoms. The van der Waals surface area contributed by atoms with Gasteiger partial charge in [0.25, 0.3) is 0 Å². The van der Waals surface area contributed by atoms with Crippen molar-refractivity contribution in [2.75, 3.05) is 5.73 Å². The first-order valence-electron chi connectivity index (χ1n) is 4.29. The molecule has 0 aromatic heterocycles. The van der Waals surface area contributed by atoms with E-state index < -0.39 is 40.8 Å². The van der Waals surface area contributed by atoms with E-state index in [9.17, 15) is 22.4 Å². The van der Waals surface area contributed by atoms with Crippen molar-refractivity contribution in [2.45, 2.75) is 12.2 Å². The van der Waals surface area contributed by atoms with Gasteiger partial charge in [-0.3, -0.25) is 0 Å². The van der Waals surface area contributed by atoms with Gasteiger partial charge < -0.3 is 16.6 Å². The van der Waals surface area contributed by atoms with Gasteiger partial charge in [-0.05, 0) is 12.1 Å². The third-order valence-electron chi connectivity index (χ3n) is 2.09. The maximum absolute atomic E-state index is 13.2. The zero-order valence-electron chi connectivity index (χ0n) is 8.25. The van der Waals surface area contributed by atoms with E-state index in [1.165, 1.54) is 0 Å². The van der Waals surface area contributed by atoms with Crippen LogP contribution in [0.3, 0.4) is 0 Å². The van der Waals surface area contributed by atoms with Crippen molar-refractivity contribution >= 4 is 11.7 Å². The van der Waals surface area contributed by atoms with E-state index in [0.29, 0.717) is 12.1 Å². The van der Waals surface area contributed by atoms with Crippen LogP contribution < -0.4 is 11.5 Å². The van der Waals surface area contributed by atoms with Crippen LogP contribution >= 0.6 is 0 Å². The van der Waals surface area contributed by atoms with Crippen molar-refractivity contribution in [3.05, 3.63) is 29.1 Å². The van der Waals surface area contributed by atoms with Gasteiger partial charge in [0.2, 0.25) is 0 Å². The van der Waals surface area contributed by atoms with E-state index in [0.717, 1.165) is 0 Å². The molecule has 17 heavy (non-hydrogen) atoms. The van der Waals surface area contributed by atoms with Crippen molar-refractivity contribution in [2.24, 2.45) is 5.73 Å². The summed E-state index contributed by atoms with van der Waals surface area (Å²) in [5, 5.41) is 8.64. The topological polar surface area (TPSA) is 89.3 Å². The number of hydrogen-bond donors (Lipinski definition) is 3. The molecule has 0 saturated carbocycles. The Kier molecular flexibility index (Phi) is 3.28. The lowest BCUT2D eigenvalue weighted by Crippen LogP contribution is -2.29. The van der Waals surface area contributed by atoms with Crippen LogP contribution in [0.4, 0.5) is 23.2 Å². The third kappa shape index (κ3) is 2.64. The summed E-state index contributed by atoms with van der Waals surface area (Å²) in [6.45, 7) is 0. The fourth-order valence-electron chi connectivity index (χ4n) is 1.21. The Labute approximate surface area is 92.8 Å². The van der Waals surface area contributed by atoms with Gasteiger partial charge >= 0.3 is 12.1 Å². The summed E-state index contributed by atoms with van der Waals surface area (Å²) >= 11 is 0. The van der Waals surface area contributed by atoms with E-state index >= 15 is 0 Å². The van der Waals surface area contributed by atoms with Crippen LogP contribution in [0.1, 0.15) is 22.0 Å². The average Bonchev–Trinajstić information content (AvgIpc) is 2.14. The molecule has 4 nitrogen and oxygen atoms in total. The summed E-state index contributed by atoms with van der Waals surface area (Å²) in [6, 6.07) is -1.60. The van der Waals surface area contributed by atoms with Gasteiger partial charge in [-0.25, -0.2) is 9.18 Å². The monoisotopic (exact) mass is 252 g/mol. The van der Waals surface area contributed by atoms with Crippen LogP contribution in [0.5, 0.6) is 0 Å². The zero-order valence-corrected chi connectivity index (χ0v) is 8.25. The van der Waals surface area contributed by atoms with Crippen molar-refractivity contribution in [3.63, 3.8) is 0 Å². The second kappa shape index (κ2) is 4.21. The molecule has 94 valence electrons. The molecular formula is C9H8F4N2O2. The van der Waals surface area contributed by atoms with Crippen molar-refractivity contribution in [1.82, 2.24) is 0 Å². The van der Waals surface area contributed by atoms with Crippen molar-refractivity contribution < 1.29 is 27.5 Å². The molecule has 0 aliphatic carbocycles. The number of nitrogen functional groups attached to an aromatic ring is 1. The second-order valence-electron chi connectivity index (χ2n) is 3.29. The molecule has 0 saturated heterocycles. The van der Waals surface area contributed by atoms with Gasteiger partial charge in [-0.2, -0.15) is 13.2 Å². The molecule has 0 fully saturated rings. The number of carboxylic acid groups (broad SMARTS) is 1. The lowest BCUT2D eigenvalue weighted by molar-refractivity contribution is -0.149. The highest BCUT2D eigenvalue weighted by atomic mass is 19.4. The molecule has 0 unspecified atom stereocenters. The molecule has 5 N–H and O–H groups in total. The molecule has 0 aliphatic heterocycles. The minimum Gasteiger partial charge on any atom is -0.478 e. The summed E-state index contributed by atoms with van der Waals surface area (Å²) in [5.41, 5.74) is 7.91. The Balaban J connectivity index is 3.35. The van der Waals surface area contributed by atoms with Gasteiger partial charge in [0.15, 0.2) is 0 Å². The van der Waals surface area contributed by atoms with E-state index in [-0.39, 0.29) is 0 Å². The van der Waals surface area contributed by atoms with Crippen LogP contribution in [0.2, 0.25) is 0 Å². The highest BCUT2D eigenvalue weighted by molar-refractivity contribution is 5.93. The number of alkyl halides is 3. The second-order valence-corrected chi connectivity index (χ2v) is 3.29. The number of halogens is 4. The molecule has 0 aliphatic rings. The Hall–Kier alpha value is -1.83. The summed E-state index contributed by atoms with van der Waals surface area (Å²) in [4.78, 5) is 10.6. The Morgan fingerprint density at radius 3 is 2.29 bits per heavy atom. The zero-order chi connectivity index (χ0) is 13.4. The molecule has 1 aromatic carbocycles. The number of aromatic carboxylic acids is 1. The van der Waals surface area contributed by atoms with E-state index in [4.69, 9.17) is 16.6 Å². The van der Waals surface area contributed by atoms with Gasteiger partial charge in [-0.1, -0.05) is 0 Å². The van der Waals surface area contributed by atoms with Gasteiger partial charge in [0, 0.05) is 11.3 Å². The molecule has 0 amide bonds. The average molecular weight is 252 g/mol. The molecule has 1 aromatic rings. The number of hydrogen-bond acceptors (Lipinski definition) is 3. The molecule has 0 bridgehead atoms. The molecular weight excluding hydrogens is 244 g/mol. The Morgan fingerprint density at radius 1 is 1.35 bits per heavy atom. The number of benzene rings is 1. The molecule has 1 rings (SSSR count). The Bertz CT molecular complexity index is 459. The minimum absolute atomic E-state index is 0.465. The highest BCUT2D eigenvalue weighted by Gasteiger charge is 2.39. The fraction of sp³-hybridized carbons (Fsp3) is 0.222. The molecule has 1 atom stereocenters. The summed E-state index contributed by atoms with van der Waals surface area (Å²) in [7, 11) is 0. The lowest BCUT2D eigenvalue weighted by atomic mass is 10.0. The van der Waals surface area contributed by atoms with Crippen molar-refractivity contribution in [3.8, 4) is 0 Å². The number of carbonyl (C=O) groups is 1. The minimum atomic E-state index is -4.87. The van der Waals surface area contributed by atoms with E-state index in [2.05, 4.69) is 0 Å². The quantitative estimate of drug-likeness (QED) is 0.551. The normalized spacial score (nSPS) is 13.5. The van der Waals surface area contributed by atoms with Crippen LogP contribution in [0.25, 0.3) is 0 Å². The molecule has 0 radical (unpaired) electrons. The number of anilines is 1.